The van der Waals surface area contributed by atoms with Crippen molar-refractivity contribution in [1.29, 1.82) is 0 Å². The van der Waals surface area contributed by atoms with Crippen LogP contribution >= 0.6 is 0 Å². The van der Waals surface area contributed by atoms with Crippen LogP contribution in [0.5, 0.6) is 0 Å². The van der Waals surface area contributed by atoms with Gasteiger partial charge in [-0.1, -0.05) is 0 Å². The first kappa shape index (κ1) is 17.8. The second kappa shape index (κ2) is 8.52. The topological polar surface area (TPSA) is 190 Å². The van der Waals surface area contributed by atoms with Gasteiger partial charge < -0.3 is 30.6 Å². The third-order valence-corrected chi connectivity index (χ3v) is 1.13. The molecule has 102 valence electrons. The molecule has 10 nitrogen and oxygen atoms in total. The average Bonchev–Trinajstić information content (AvgIpc) is 2.16. The van der Waals surface area contributed by atoms with Gasteiger partial charge in [-0.2, -0.15) is 0 Å². The first-order chi connectivity index (χ1) is 8.07. The number of aliphatic carboxylic acids is 4. The van der Waals surface area contributed by atoms with Gasteiger partial charge in [0.15, 0.2) is 6.10 Å². The fourth-order valence-corrected chi connectivity index (χ4v) is 0.431. The Balaban J connectivity index is 0. The Morgan fingerprint density at radius 1 is 0.944 bits per heavy atom. The lowest BCUT2D eigenvalue weighted by Crippen LogP contribution is -2.22. The van der Waals surface area contributed by atoms with E-state index < -0.39 is 42.2 Å². The van der Waals surface area contributed by atoms with E-state index in [0.29, 0.717) is 0 Å². The quantitative estimate of drug-likeness (QED) is 0.252. The zero-order valence-corrected chi connectivity index (χ0v) is 8.68. The summed E-state index contributed by atoms with van der Waals surface area (Å²) in [4.78, 5) is 38.7. The van der Waals surface area contributed by atoms with Gasteiger partial charge in [0.05, 0.1) is 12.5 Å². The lowest BCUT2D eigenvalue weighted by Gasteiger charge is -1.97. The van der Waals surface area contributed by atoms with Crippen molar-refractivity contribution in [3.63, 3.8) is 0 Å². The number of aliphatic hydroxyl groups is 2. The van der Waals surface area contributed by atoms with Crippen LogP contribution in [-0.2, 0) is 19.2 Å². The monoisotopic (exact) mass is 266 g/mol. The highest BCUT2D eigenvalue weighted by Gasteiger charge is 2.16. The average molecular weight is 266 g/mol. The fraction of sp³-hybridized carbons (Fsp3) is 0.250. The van der Waals surface area contributed by atoms with E-state index in [4.69, 9.17) is 30.6 Å². The minimum Gasteiger partial charge on any atom is -0.502 e. The van der Waals surface area contributed by atoms with E-state index in [9.17, 15) is 19.2 Å². The zero-order valence-electron chi connectivity index (χ0n) is 8.68. The first-order valence-electron chi connectivity index (χ1n) is 4.07. The van der Waals surface area contributed by atoms with Crippen LogP contribution in [0.1, 0.15) is 6.42 Å². The lowest BCUT2D eigenvalue weighted by atomic mass is 10.3. The van der Waals surface area contributed by atoms with Crippen molar-refractivity contribution in [2.45, 2.75) is 12.5 Å². The minimum absolute atomic E-state index is 0.197. The Morgan fingerprint density at radius 3 is 1.50 bits per heavy atom. The van der Waals surface area contributed by atoms with E-state index in [2.05, 4.69) is 0 Å². The highest BCUT2D eigenvalue weighted by atomic mass is 16.4. The molecule has 0 fully saturated rings. The summed E-state index contributed by atoms with van der Waals surface area (Å²) in [5.41, 5.74) is 0. The summed E-state index contributed by atoms with van der Waals surface area (Å²) >= 11 is 0. The summed E-state index contributed by atoms with van der Waals surface area (Å²) in [6.45, 7) is 0. The molecule has 0 bridgehead atoms. The van der Waals surface area contributed by atoms with Gasteiger partial charge in [-0.25, -0.2) is 14.4 Å². The number of carbonyl (C=O) groups is 4. The highest BCUT2D eigenvalue weighted by Crippen LogP contribution is 1.89. The first-order valence-corrected chi connectivity index (χ1v) is 4.07. The van der Waals surface area contributed by atoms with E-state index in [1.165, 1.54) is 0 Å². The van der Waals surface area contributed by atoms with Crippen LogP contribution in [-0.4, -0.2) is 60.6 Å². The molecule has 6 N–H and O–H groups in total. The molecule has 0 aromatic rings. The van der Waals surface area contributed by atoms with Gasteiger partial charge in [-0.15, -0.1) is 0 Å². The molecule has 0 aliphatic heterocycles. The molecule has 0 saturated heterocycles. The maximum absolute atomic E-state index is 9.72. The summed E-state index contributed by atoms with van der Waals surface area (Å²) in [5.74, 6) is -7.17. The van der Waals surface area contributed by atoms with E-state index in [0.717, 1.165) is 0 Å². The van der Waals surface area contributed by atoms with Gasteiger partial charge in [0.1, 0.15) is 0 Å². The molecule has 0 rings (SSSR count). The van der Waals surface area contributed by atoms with Crippen LogP contribution in [0, 0.1) is 0 Å². The number of hydrogen-bond donors (Lipinski definition) is 6. The molecule has 0 aromatic carbocycles. The summed E-state index contributed by atoms with van der Waals surface area (Å²) < 4.78 is 0. The second-order valence-corrected chi connectivity index (χ2v) is 2.62. The van der Waals surface area contributed by atoms with Crippen molar-refractivity contribution >= 4 is 23.9 Å². The Bertz CT molecular complexity index is 368. The summed E-state index contributed by atoms with van der Waals surface area (Å²) in [7, 11) is 0. The van der Waals surface area contributed by atoms with E-state index in [1.807, 2.05) is 0 Å². The van der Waals surface area contributed by atoms with Crippen LogP contribution in [0.2, 0.25) is 0 Å². The summed E-state index contributed by atoms with van der Waals surface area (Å²) in [5, 5.41) is 48.0. The molecule has 0 spiro atoms. The van der Waals surface area contributed by atoms with Crippen molar-refractivity contribution in [1.82, 2.24) is 0 Å². The van der Waals surface area contributed by atoms with Gasteiger partial charge in [0.2, 0.25) is 5.76 Å². The Morgan fingerprint density at radius 2 is 1.39 bits per heavy atom. The molecule has 1 atom stereocenters. The van der Waals surface area contributed by atoms with Crippen molar-refractivity contribution in [3.8, 4) is 0 Å². The zero-order chi connectivity index (χ0) is 14.9. The molecule has 1 unspecified atom stereocenters. The van der Waals surface area contributed by atoms with Gasteiger partial charge in [-0.3, -0.25) is 4.79 Å². The molecule has 18 heavy (non-hydrogen) atoms. The second-order valence-electron chi connectivity index (χ2n) is 2.62. The predicted molar refractivity (Wildman–Crippen MR) is 51.9 cm³/mol. The molecule has 0 aliphatic rings. The maximum Gasteiger partial charge on any atom is 0.371 e. The van der Waals surface area contributed by atoms with Crippen LogP contribution in [0.4, 0.5) is 0 Å². The van der Waals surface area contributed by atoms with Gasteiger partial charge in [0.25, 0.3) is 0 Å². The highest BCUT2D eigenvalue weighted by molar-refractivity contribution is 5.92. The number of aliphatic hydroxyl groups excluding tert-OH is 2. The fourth-order valence-electron chi connectivity index (χ4n) is 0.431. The molecule has 0 heterocycles. The smallest absolute Gasteiger partial charge is 0.371 e. The molecule has 0 aliphatic carbocycles. The van der Waals surface area contributed by atoms with Gasteiger partial charge in [0, 0.05) is 0 Å². The summed E-state index contributed by atoms with van der Waals surface area (Å²) in [6.07, 6.45) is -2.35. The van der Waals surface area contributed by atoms with Crippen LogP contribution in [0.15, 0.2) is 11.8 Å². The molecular formula is C8H10O10. The van der Waals surface area contributed by atoms with E-state index >= 15 is 0 Å². The van der Waals surface area contributed by atoms with E-state index in [-0.39, 0.29) is 6.08 Å². The van der Waals surface area contributed by atoms with Crippen molar-refractivity contribution < 1.29 is 49.8 Å². The standard InChI is InChI=1S/C4H6O5.C4H4O5/c2*5-2(4(8)9)1-3(6)7/h2,5H,1H2,(H,6,7)(H,8,9);1,5H,(H,6,7)(H,8,9)/b;2-1+. The van der Waals surface area contributed by atoms with Gasteiger partial charge >= 0.3 is 23.9 Å². The Labute approximate surface area is 99.0 Å². The number of carboxylic acids is 4. The third kappa shape index (κ3) is 11.5. The molecule has 0 aromatic heterocycles. The number of rotatable bonds is 5. The largest absolute Gasteiger partial charge is 0.502 e. The van der Waals surface area contributed by atoms with Crippen LogP contribution < -0.4 is 0 Å². The molecule has 0 saturated carbocycles. The maximum atomic E-state index is 9.72. The van der Waals surface area contributed by atoms with E-state index in [1.54, 1.807) is 0 Å². The van der Waals surface area contributed by atoms with Crippen molar-refractivity contribution in [2.75, 3.05) is 0 Å². The number of carboxylic acid groups (broad SMARTS) is 4. The molecular weight excluding hydrogens is 256 g/mol. The van der Waals surface area contributed by atoms with Crippen molar-refractivity contribution in [3.05, 3.63) is 11.8 Å². The number of hydrogen-bond acceptors (Lipinski definition) is 6. The Kier molecular flexibility index (Phi) is 8.41. The molecule has 0 amide bonds. The molecule has 0 radical (unpaired) electrons. The minimum atomic E-state index is -1.79. The normalized spacial score (nSPS) is 11.7. The van der Waals surface area contributed by atoms with Crippen LogP contribution in [0.25, 0.3) is 0 Å². The van der Waals surface area contributed by atoms with Gasteiger partial charge in [-0.05, 0) is 0 Å². The lowest BCUT2D eigenvalue weighted by molar-refractivity contribution is -0.152. The Hall–Kier alpha value is -2.62. The van der Waals surface area contributed by atoms with Crippen LogP contribution in [0.3, 0.4) is 0 Å². The SMILES string of the molecule is O=C(O)/C=C(/O)C(=O)O.O=C(O)CC(O)C(=O)O. The summed E-state index contributed by atoms with van der Waals surface area (Å²) in [6, 6.07) is 0. The third-order valence-electron chi connectivity index (χ3n) is 1.13. The van der Waals surface area contributed by atoms with Crippen molar-refractivity contribution in [2.24, 2.45) is 0 Å². The molecule has 10 heteroatoms. The predicted octanol–water partition coefficient (Wildman–Crippen LogP) is -1.50.